The molecule has 0 aliphatic rings. The molecule has 0 bridgehead atoms. The van der Waals surface area contributed by atoms with Crippen molar-refractivity contribution >= 4 is 0 Å². The Labute approximate surface area is 81.0 Å². The van der Waals surface area contributed by atoms with Gasteiger partial charge in [-0.1, -0.05) is 19.9 Å². The largest absolute Gasteiger partial charge is 0.393 e. The zero-order valence-corrected chi connectivity index (χ0v) is 8.10. The lowest BCUT2D eigenvalue weighted by atomic mass is 10.0. The summed E-state index contributed by atoms with van der Waals surface area (Å²) in [6.45, 7) is 3.67. The van der Waals surface area contributed by atoms with Crippen LogP contribution >= 0.6 is 0 Å². The second-order valence-electron chi connectivity index (χ2n) is 3.49. The molecule has 4 heteroatoms. The first-order valence-electron chi connectivity index (χ1n) is 4.40. The van der Waals surface area contributed by atoms with Gasteiger partial charge in [0.1, 0.15) is 0 Å². The molecule has 0 N–H and O–H groups in total. The van der Waals surface area contributed by atoms with Gasteiger partial charge < -0.3 is 0 Å². The predicted octanol–water partition coefficient (Wildman–Crippen LogP) is 3.31. The molecular weight excluding hydrogens is 191 g/mol. The van der Waals surface area contributed by atoms with Crippen molar-refractivity contribution in [2.45, 2.75) is 32.4 Å². The molecule has 0 radical (unpaired) electrons. The number of alkyl halides is 3. The molecule has 78 valence electrons. The fraction of sp³-hybridized carbons (Fsp3) is 0.500. The van der Waals surface area contributed by atoms with Crippen LogP contribution in [0.25, 0.3) is 0 Å². The first-order chi connectivity index (χ1) is 6.40. The normalized spacial score (nSPS) is 12.1. The minimum absolute atomic E-state index is 0.0218. The smallest absolute Gasteiger partial charge is 0.261 e. The number of halogens is 3. The Balaban J connectivity index is 2.96. The van der Waals surface area contributed by atoms with E-state index in [1.165, 1.54) is 18.3 Å². The average molecular weight is 203 g/mol. The van der Waals surface area contributed by atoms with Crippen LogP contribution in [0.1, 0.15) is 31.0 Å². The van der Waals surface area contributed by atoms with Crippen molar-refractivity contribution < 1.29 is 13.2 Å². The summed E-state index contributed by atoms with van der Waals surface area (Å²) in [5.41, 5.74) is 0.805. The van der Waals surface area contributed by atoms with Crippen molar-refractivity contribution in [1.29, 1.82) is 0 Å². The zero-order chi connectivity index (χ0) is 10.8. The van der Waals surface area contributed by atoms with E-state index in [1.807, 2.05) is 13.8 Å². The maximum absolute atomic E-state index is 12.2. The van der Waals surface area contributed by atoms with Crippen molar-refractivity contribution in [3.05, 3.63) is 29.6 Å². The van der Waals surface area contributed by atoms with Crippen molar-refractivity contribution in [3.63, 3.8) is 0 Å². The number of nitrogens with zero attached hydrogens (tertiary/aromatic N) is 1. The van der Waals surface area contributed by atoms with E-state index in [0.717, 1.165) is 0 Å². The maximum Gasteiger partial charge on any atom is 0.393 e. The third kappa shape index (κ3) is 3.01. The van der Waals surface area contributed by atoms with Gasteiger partial charge >= 0.3 is 6.18 Å². The summed E-state index contributed by atoms with van der Waals surface area (Å²) in [7, 11) is 0. The molecule has 0 aromatic carbocycles. The second kappa shape index (κ2) is 3.98. The van der Waals surface area contributed by atoms with Crippen molar-refractivity contribution in [1.82, 2.24) is 4.98 Å². The fourth-order valence-corrected chi connectivity index (χ4v) is 1.34. The molecule has 0 atom stereocenters. The van der Waals surface area contributed by atoms with Crippen LogP contribution < -0.4 is 0 Å². The first-order valence-corrected chi connectivity index (χ1v) is 4.40. The lowest BCUT2D eigenvalue weighted by molar-refractivity contribution is -0.127. The Bertz CT molecular complexity index is 304. The van der Waals surface area contributed by atoms with Gasteiger partial charge in [-0.25, -0.2) is 0 Å². The molecule has 0 saturated heterocycles. The van der Waals surface area contributed by atoms with E-state index in [-0.39, 0.29) is 11.5 Å². The maximum atomic E-state index is 12.2. The van der Waals surface area contributed by atoms with Crippen LogP contribution in [0.15, 0.2) is 18.3 Å². The van der Waals surface area contributed by atoms with Gasteiger partial charge in [0.05, 0.1) is 6.42 Å². The van der Waals surface area contributed by atoms with Gasteiger partial charge in [-0.3, -0.25) is 4.98 Å². The highest BCUT2D eigenvalue weighted by Crippen LogP contribution is 2.25. The Kier molecular flexibility index (Phi) is 3.13. The molecule has 0 fully saturated rings. The highest BCUT2D eigenvalue weighted by molar-refractivity contribution is 5.23. The summed E-state index contributed by atoms with van der Waals surface area (Å²) < 4.78 is 36.5. The molecule has 0 saturated carbocycles. The van der Waals surface area contributed by atoms with Crippen LogP contribution in [0.3, 0.4) is 0 Å². The minimum atomic E-state index is -4.16. The zero-order valence-electron chi connectivity index (χ0n) is 8.10. The Hall–Kier alpha value is -1.06. The van der Waals surface area contributed by atoms with Gasteiger partial charge in [0.25, 0.3) is 0 Å². The van der Waals surface area contributed by atoms with Crippen LogP contribution in [0.5, 0.6) is 0 Å². The van der Waals surface area contributed by atoms with E-state index in [2.05, 4.69) is 4.98 Å². The molecule has 14 heavy (non-hydrogen) atoms. The highest BCUT2D eigenvalue weighted by atomic mass is 19.4. The average Bonchev–Trinajstić information content (AvgIpc) is 2.01. The predicted molar refractivity (Wildman–Crippen MR) is 48.1 cm³/mol. The quantitative estimate of drug-likeness (QED) is 0.718. The van der Waals surface area contributed by atoms with Gasteiger partial charge in [-0.15, -0.1) is 0 Å². The Morgan fingerprint density at radius 1 is 1.36 bits per heavy atom. The summed E-state index contributed by atoms with van der Waals surface area (Å²) in [4.78, 5) is 3.96. The first kappa shape index (κ1) is 11.0. The van der Waals surface area contributed by atoms with Gasteiger partial charge in [-0.05, 0) is 17.5 Å². The fourth-order valence-electron chi connectivity index (χ4n) is 1.34. The van der Waals surface area contributed by atoms with Gasteiger partial charge in [-0.2, -0.15) is 13.2 Å². The van der Waals surface area contributed by atoms with E-state index >= 15 is 0 Å². The monoisotopic (exact) mass is 203 g/mol. The second-order valence-corrected chi connectivity index (χ2v) is 3.49. The van der Waals surface area contributed by atoms with Crippen molar-refractivity contribution in [3.8, 4) is 0 Å². The Morgan fingerprint density at radius 2 is 2.00 bits per heavy atom. The third-order valence-corrected chi connectivity index (χ3v) is 1.86. The molecule has 0 aliphatic carbocycles. The SMILES string of the molecule is CC(C)c1ncccc1CC(F)(F)F. The molecule has 1 nitrogen and oxygen atoms in total. The van der Waals surface area contributed by atoms with Crippen LogP contribution in [-0.4, -0.2) is 11.2 Å². The molecule has 1 aromatic heterocycles. The summed E-state index contributed by atoms with van der Waals surface area (Å²) in [6.07, 6.45) is -3.53. The van der Waals surface area contributed by atoms with Crippen molar-refractivity contribution in [2.75, 3.05) is 0 Å². The molecule has 1 rings (SSSR count). The van der Waals surface area contributed by atoms with Crippen LogP contribution in [0, 0.1) is 0 Å². The van der Waals surface area contributed by atoms with Crippen LogP contribution in [-0.2, 0) is 6.42 Å². The molecular formula is C10H12F3N. The highest BCUT2D eigenvalue weighted by Gasteiger charge is 2.29. The van der Waals surface area contributed by atoms with E-state index in [0.29, 0.717) is 5.69 Å². The molecule has 1 aromatic rings. The van der Waals surface area contributed by atoms with E-state index in [1.54, 1.807) is 0 Å². The molecule has 0 aliphatic heterocycles. The number of rotatable bonds is 2. The summed E-state index contributed by atoms with van der Waals surface area (Å²) in [5, 5.41) is 0. The Morgan fingerprint density at radius 3 is 2.50 bits per heavy atom. The number of pyridine rings is 1. The lowest BCUT2D eigenvalue weighted by Gasteiger charge is -2.12. The standard InChI is InChI=1S/C10H12F3N/c1-7(2)9-8(4-3-5-14-9)6-10(11,12)13/h3-5,7H,6H2,1-2H3. The molecule has 0 amide bonds. The van der Waals surface area contributed by atoms with E-state index < -0.39 is 12.6 Å². The topological polar surface area (TPSA) is 12.9 Å². The van der Waals surface area contributed by atoms with Gasteiger partial charge in [0, 0.05) is 11.9 Å². The lowest BCUT2D eigenvalue weighted by Crippen LogP contribution is -2.14. The van der Waals surface area contributed by atoms with E-state index in [9.17, 15) is 13.2 Å². The summed E-state index contributed by atoms with van der Waals surface area (Å²) in [6, 6.07) is 3.02. The number of hydrogen-bond donors (Lipinski definition) is 0. The minimum Gasteiger partial charge on any atom is -0.261 e. The summed E-state index contributed by atoms with van der Waals surface area (Å²) in [5.74, 6) is 0.0218. The van der Waals surface area contributed by atoms with Gasteiger partial charge in [0.2, 0.25) is 0 Å². The van der Waals surface area contributed by atoms with Crippen molar-refractivity contribution in [2.24, 2.45) is 0 Å². The molecule has 0 spiro atoms. The number of aromatic nitrogens is 1. The van der Waals surface area contributed by atoms with E-state index in [4.69, 9.17) is 0 Å². The van der Waals surface area contributed by atoms with Gasteiger partial charge in [0.15, 0.2) is 0 Å². The van der Waals surface area contributed by atoms with Crippen LogP contribution in [0.4, 0.5) is 13.2 Å². The number of hydrogen-bond acceptors (Lipinski definition) is 1. The third-order valence-electron chi connectivity index (χ3n) is 1.86. The van der Waals surface area contributed by atoms with Crippen LogP contribution in [0.2, 0.25) is 0 Å². The molecule has 1 heterocycles. The molecule has 0 unspecified atom stereocenters. The summed E-state index contributed by atoms with van der Waals surface area (Å²) >= 11 is 0.